The number of benzene rings is 2. The number of nitrogens with zero attached hydrogens (tertiary/aromatic N) is 1. The number of para-hydroxylation sites is 2. The fourth-order valence-corrected chi connectivity index (χ4v) is 4.40. The zero-order valence-electron chi connectivity index (χ0n) is 16.1. The van der Waals surface area contributed by atoms with E-state index in [2.05, 4.69) is 5.32 Å². The van der Waals surface area contributed by atoms with Crippen molar-refractivity contribution >= 4 is 23.6 Å². The van der Waals surface area contributed by atoms with Gasteiger partial charge in [-0.25, -0.2) is 0 Å². The Kier molecular flexibility index (Phi) is 6.24. The molecule has 152 valence electrons. The predicted molar refractivity (Wildman–Crippen MR) is 112 cm³/mol. The predicted octanol–water partition coefficient (Wildman–Crippen LogP) is 2.97. The first-order valence-electron chi connectivity index (χ1n) is 9.87. The summed E-state index contributed by atoms with van der Waals surface area (Å²) in [5.41, 5.74) is 0.573. The Morgan fingerprint density at radius 3 is 2.59 bits per heavy atom. The molecule has 4 rings (SSSR count). The van der Waals surface area contributed by atoms with Gasteiger partial charge < -0.3 is 19.7 Å². The van der Waals surface area contributed by atoms with E-state index in [4.69, 9.17) is 9.47 Å². The molecule has 0 aromatic heterocycles. The first-order chi connectivity index (χ1) is 14.2. The Hall–Kier alpha value is -2.67. The number of hydrogen-bond donors (Lipinski definition) is 1. The molecule has 2 aliphatic heterocycles. The highest BCUT2D eigenvalue weighted by atomic mass is 32.2. The number of thioether (sulfide) groups is 1. The molecule has 0 radical (unpaired) electrons. The Bertz CT molecular complexity index is 883. The molecule has 6 nitrogen and oxygen atoms in total. The van der Waals surface area contributed by atoms with Gasteiger partial charge in [-0.05, 0) is 37.1 Å². The van der Waals surface area contributed by atoms with Crippen LogP contribution in [0.2, 0.25) is 0 Å². The summed E-state index contributed by atoms with van der Waals surface area (Å²) < 4.78 is 11.6. The standard InChI is InChI=1S/C22H24N2O4S/c25-21(24-11-5-6-12-24)15-29-20-10-4-1-7-17(20)22(26)23-13-16-14-27-18-8-2-3-9-19(18)28-16/h1-4,7-10,16H,5-6,11-15H2,(H,23,26)/t16-/m0/s1. The molecule has 0 aliphatic carbocycles. The maximum Gasteiger partial charge on any atom is 0.252 e. The van der Waals surface area contributed by atoms with E-state index in [1.165, 1.54) is 11.8 Å². The lowest BCUT2D eigenvalue weighted by Crippen LogP contribution is -2.40. The van der Waals surface area contributed by atoms with E-state index in [1.54, 1.807) is 6.07 Å². The van der Waals surface area contributed by atoms with Crippen LogP contribution >= 0.6 is 11.8 Å². The maximum atomic E-state index is 12.7. The maximum absolute atomic E-state index is 12.7. The number of fused-ring (bicyclic) bond motifs is 1. The first kappa shape index (κ1) is 19.6. The highest BCUT2D eigenvalue weighted by Gasteiger charge is 2.22. The summed E-state index contributed by atoms with van der Waals surface area (Å²) in [5, 5.41) is 2.93. The SMILES string of the molecule is O=C(NC[C@H]1COc2ccccc2O1)c1ccccc1SCC(=O)N1CCCC1. The Labute approximate surface area is 174 Å². The van der Waals surface area contributed by atoms with Crippen molar-refractivity contribution in [2.75, 3.05) is 32.0 Å². The van der Waals surface area contributed by atoms with E-state index in [1.807, 2.05) is 47.4 Å². The fourth-order valence-electron chi connectivity index (χ4n) is 3.44. The summed E-state index contributed by atoms with van der Waals surface area (Å²) >= 11 is 1.41. The fraction of sp³-hybridized carbons (Fsp3) is 0.364. The average Bonchev–Trinajstić information content (AvgIpc) is 3.31. The van der Waals surface area contributed by atoms with Gasteiger partial charge in [0.2, 0.25) is 5.91 Å². The molecule has 2 heterocycles. The molecule has 7 heteroatoms. The Balaban J connectivity index is 1.32. The lowest BCUT2D eigenvalue weighted by atomic mass is 10.2. The summed E-state index contributed by atoms with van der Waals surface area (Å²) in [6.45, 7) is 2.42. The highest BCUT2D eigenvalue weighted by molar-refractivity contribution is 8.00. The molecule has 29 heavy (non-hydrogen) atoms. The van der Waals surface area contributed by atoms with Crippen LogP contribution in [0.1, 0.15) is 23.2 Å². The number of hydrogen-bond acceptors (Lipinski definition) is 5. The van der Waals surface area contributed by atoms with E-state index >= 15 is 0 Å². The first-order valence-corrected chi connectivity index (χ1v) is 10.9. The van der Waals surface area contributed by atoms with Crippen molar-refractivity contribution in [1.82, 2.24) is 10.2 Å². The lowest BCUT2D eigenvalue weighted by molar-refractivity contribution is -0.127. The minimum Gasteiger partial charge on any atom is -0.486 e. The van der Waals surface area contributed by atoms with Crippen molar-refractivity contribution in [3.63, 3.8) is 0 Å². The summed E-state index contributed by atoms with van der Waals surface area (Å²) in [7, 11) is 0. The molecule has 1 fully saturated rings. The number of carbonyl (C=O) groups excluding carboxylic acids is 2. The number of nitrogens with one attached hydrogen (secondary N) is 1. The van der Waals surface area contributed by atoms with Gasteiger partial charge in [0.25, 0.3) is 5.91 Å². The van der Waals surface area contributed by atoms with Crippen molar-refractivity contribution in [3.8, 4) is 11.5 Å². The summed E-state index contributed by atoms with van der Waals surface area (Å²) in [6.07, 6.45) is 1.91. The number of ether oxygens (including phenoxy) is 2. The summed E-state index contributed by atoms with van der Waals surface area (Å²) in [5.74, 6) is 1.72. The number of likely N-dealkylation sites (tertiary alicyclic amines) is 1. The second-order valence-corrected chi connectivity index (χ2v) is 8.10. The molecule has 1 atom stereocenters. The monoisotopic (exact) mass is 412 g/mol. The van der Waals surface area contributed by atoms with Gasteiger partial charge in [0, 0.05) is 18.0 Å². The molecule has 2 aromatic carbocycles. The largest absolute Gasteiger partial charge is 0.486 e. The van der Waals surface area contributed by atoms with Crippen molar-refractivity contribution in [2.45, 2.75) is 23.8 Å². The summed E-state index contributed by atoms with van der Waals surface area (Å²) in [6, 6.07) is 14.9. The molecule has 0 bridgehead atoms. The Morgan fingerprint density at radius 2 is 1.76 bits per heavy atom. The molecule has 1 N–H and O–H groups in total. The van der Waals surface area contributed by atoms with Gasteiger partial charge in [0.05, 0.1) is 17.9 Å². The van der Waals surface area contributed by atoms with Gasteiger partial charge in [-0.3, -0.25) is 9.59 Å². The summed E-state index contributed by atoms with van der Waals surface area (Å²) in [4.78, 5) is 27.8. The van der Waals surface area contributed by atoms with Crippen LogP contribution in [0.5, 0.6) is 11.5 Å². The van der Waals surface area contributed by atoms with E-state index in [-0.39, 0.29) is 17.9 Å². The van der Waals surface area contributed by atoms with Crippen LogP contribution in [0.25, 0.3) is 0 Å². The van der Waals surface area contributed by atoms with Crippen LogP contribution in [0, 0.1) is 0 Å². The second-order valence-electron chi connectivity index (χ2n) is 7.08. The Morgan fingerprint density at radius 1 is 1.03 bits per heavy atom. The normalized spacial score (nSPS) is 17.8. The van der Waals surface area contributed by atoms with Crippen LogP contribution < -0.4 is 14.8 Å². The molecule has 0 unspecified atom stereocenters. The van der Waals surface area contributed by atoms with Gasteiger partial charge in [-0.1, -0.05) is 24.3 Å². The van der Waals surface area contributed by atoms with Crippen molar-refractivity contribution in [1.29, 1.82) is 0 Å². The molecule has 2 amide bonds. The van der Waals surface area contributed by atoms with Crippen LogP contribution in [-0.4, -0.2) is 54.8 Å². The van der Waals surface area contributed by atoms with Crippen LogP contribution in [-0.2, 0) is 4.79 Å². The van der Waals surface area contributed by atoms with Gasteiger partial charge in [0.1, 0.15) is 12.7 Å². The number of carbonyl (C=O) groups is 2. The van der Waals surface area contributed by atoms with Crippen molar-refractivity contribution in [3.05, 3.63) is 54.1 Å². The zero-order valence-corrected chi connectivity index (χ0v) is 17.0. The van der Waals surface area contributed by atoms with E-state index in [0.717, 1.165) is 36.6 Å². The van der Waals surface area contributed by atoms with Crippen LogP contribution in [0.3, 0.4) is 0 Å². The third kappa shape index (κ3) is 4.85. The van der Waals surface area contributed by atoms with Gasteiger partial charge in [0.15, 0.2) is 11.5 Å². The van der Waals surface area contributed by atoms with E-state index < -0.39 is 0 Å². The quantitative estimate of drug-likeness (QED) is 0.739. The number of rotatable bonds is 6. The molecular formula is C22H24N2O4S. The molecule has 1 saturated heterocycles. The highest BCUT2D eigenvalue weighted by Crippen LogP contribution is 2.30. The topological polar surface area (TPSA) is 67.9 Å². The minimum absolute atomic E-state index is 0.133. The third-order valence-electron chi connectivity index (χ3n) is 5.00. The van der Waals surface area contributed by atoms with E-state index in [9.17, 15) is 9.59 Å². The third-order valence-corrected chi connectivity index (χ3v) is 6.06. The van der Waals surface area contributed by atoms with Gasteiger partial charge in [-0.2, -0.15) is 0 Å². The van der Waals surface area contributed by atoms with E-state index in [0.29, 0.717) is 30.2 Å². The average molecular weight is 413 g/mol. The van der Waals surface area contributed by atoms with Crippen LogP contribution in [0.4, 0.5) is 0 Å². The van der Waals surface area contributed by atoms with Crippen molar-refractivity contribution in [2.24, 2.45) is 0 Å². The molecular weight excluding hydrogens is 388 g/mol. The van der Waals surface area contributed by atoms with Gasteiger partial charge >= 0.3 is 0 Å². The molecule has 2 aromatic rings. The molecule has 0 spiro atoms. The minimum atomic E-state index is -0.245. The lowest BCUT2D eigenvalue weighted by Gasteiger charge is -2.26. The van der Waals surface area contributed by atoms with Gasteiger partial charge in [-0.15, -0.1) is 11.8 Å². The smallest absolute Gasteiger partial charge is 0.252 e. The molecule has 0 saturated carbocycles. The van der Waals surface area contributed by atoms with Crippen LogP contribution in [0.15, 0.2) is 53.4 Å². The van der Waals surface area contributed by atoms with Crippen molar-refractivity contribution < 1.29 is 19.1 Å². The zero-order chi connectivity index (χ0) is 20.1. The molecule has 2 aliphatic rings. The number of amides is 2. The second kappa shape index (κ2) is 9.22.